The summed E-state index contributed by atoms with van der Waals surface area (Å²) >= 11 is 1.22. The molecule has 5 heteroatoms. The molecule has 0 spiro atoms. The van der Waals surface area contributed by atoms with Crippen LogP contribution in [0.1, 0.15) is 29.4 Å². The maximum atomic E-state index is 11.9. The number of rotatable bonds is 3. The Kier molecular flexibility index (Phi) is 3.11. The smallest absolute Gasteiger partial charge is 0.228 e. The molecule has 1 aromatic heterocycles. The van der Waals surface area contributed by atoms with Crippen molar-refractivity contribution in [2.45, 2.75) is 20.3 Å². The molecule has 1 amide bonds. The molecular formula is C12H14N2O2S. The number of anilines is 1. The maximum Gasteiger partial charge on any atom is 0.228 e. The second-order valence-corrected chi connectivity index (χ2v) is 4.96. The van der Waals surface area contributed by atoms with Crippen molar-refractivity contribution in [1.29, 1.82) is 0 Å². The van der Waals surface area contributed by atoms with E-state index in [1.807, 2.05) is 0 Å². The summed E-state index contributed by atoms with van der Waals surface area (Å²) in [5, 5.41) is 0.685. The van der Waals surface area contributed by atoms with Crippen LogP contribution in [0.25, 0.3) is 0 Å². The molecule has 1 fully saturated rings. The number of hydrogen-bond donors (Lipinski definition) is 0. The second kappa shape index (κ2) is 4.41. The minimum absolute atomic E-state index is 0.0406. The van der Waals surface area contributed by atoms with Crippen molar-refractivity contribution in [2.75, 3.05) is 11.4 Å². The summed E-state index contributed by atoms with van der Waals surface area (Å²) in [5.41, 5.74) is 1.28. The number of carbonyl (C=O) groups excluding carboxylic acids is 2. The molecule has 0 saturated carbocycles. The summed E-state index contributed by atoms with van der Waals surface area (Å²) in [6.07, 6.45) is 2.26. The van der Waals surface area contributed by atoms with Crippen LogP contribution in [-0.2, 0) is 4.79 Å². The van der Waals surface area contributed by atoms with Crippen molar-refractivity contribution in [3.63, 3.8) is 0 Å². The molecule has 0 radical (unpaired) electrons. The number of aromatic nitrogens is 1. The summed E-state index contributed by atoms with van der Waals surface area (Å²) in [7, 11) is 0. The fourth-order valence-corrected chi connectivity index (χ4v) is 3.01. The number of aryl methyl sites for hydroxylation is 1. The predicted octanol–water partition coefficient (Wildman–Crippen LogP) is 2.19. The monoisotopic (exact) mass is 250 g/mol. The third-order valence-electron chi connectivity index (χ3n) is 2.93. The van der Waals surface area contributed by atoms with E-state index in [-0.39, 0.29) is 17.6 Å². The van der Waals surface area contributed by atoms with E-state index in [2.05, 4.69) is 11.0 Å². The quantitative estimate of drug-likeness (QED) is 0.610. The predicted molar refractivity (Wildman–Crippen MR) is 67.5 cm³/mol. The van der Waals surface area contributed by atoms with Crippen LogP contribution in [0, 0.1) is 12.8 Å². The lowest BCUT2D eigenvalue weighted by Gasteiger charge is -2.14. The van der Waals surface area contributed by atoms with E-state index in [9.17, 15) is 9.59 Å². The highest BCUT2D eigenvalue weighted by atomic mass is 32.1. The molecule has 90 valence electrons. The number of hydrogen-bond acceptors (Lipinski definition) is 4. The minimum Gasteiger partial charge on any atom is -0.301 e. The Morgan fingerprint density at radius 2 is 2.35 bits per heavy atom. The van der Waals surface area contributed by atoms with Gasteiger partial charge < -0.3 is 4.90 Å². The molecule has 0 aliphatic carbocycles. The van der Waals surface area contributed by atoms with Crippen molar-refractivity contribution >= 4 is 28.2 Å². The van der Waals surface area contributed by atoms with E-state index in [0.29, 0.717) is 29.2 Å². The van der Waals surface area contributed by atoms with Gasteiger partial charge in [0.05, 0.1) is 11.3 Å². The number of amides is 1. The fraction of sp³-hybridized carbons (Fsp3) is 0.417. The van der Waals surface area contributed by atoms with Gasteiger partial charge in [-0.25, -0.2) is 0 Å². The third kappa shape index (κ3) is 2.02. The fourth-order valence-electron chi connectivity index (χ4n) is 2.04. The van der Waals surface area contributed by atoms with Crippen molar-refractivity contribution in [3.05, 3.63) is 23.9 Å². The Labute approximate surface area is 104 Å². The normalized spacial score (nSPS) is 19.8. The lowest BCUT2D eigenvalue weighted by Crippen LogP contribution is -2.25. The Morgan fingerprint density at radius 1 is 1.65 bits per heavy atom. The Balaban J connectivity index is 2.38. The number of ketones is 1. The number of nitrogens with zero attached hydrogens (tertiary/aromatic N) is 2. The average Bonchev–Trinajstić information content (AvgIpc) is 2.81. The van der Waals surface area contributed by atoms with E-state index in [0.717, 1.165) is 0 Å². The van der Waals surface area contributed by atoms with Gasteiger partial charge in [0.2, 0.25) is 5.91 Å². The van der Waals surface area contributed by atoms with E-state index < -0.39 is 0 Å². The summed E-state index contributed by atoms with van der Waals surface area (Å²) in [6, 6.07) is 0. The molecule has 1 saturated heterocycles. The van der Waals surface area contributed by atoms with Crippen molar-refractivity contribution < 1.29 is 9.59 Å². The van der Waals surface area contributed by atoms with Crippen molar-refractivity contribution in [2.24, 2.45) is 5.92 Å². The topological polar surface area (TPSA) is 50.3 Å². The molecular weight excluding hydrogens is 236 g/mol. The van der Waals surface area contributed by atoms with Gasteiger partial charge in [-0.3, -0.25) is 9.59 Å². The van der Waals surface area contributed by atoms with Gasteiger partial charge in [0.25, 0.3) is 0 Å². The SMILES string of the molecule is C=CC1CC(=O)N(c2snc(C)c2C(C)=O)C1. The second-order valence-electron chi connectivity index (χ2n) is 4.21. The average molecular weight is 250 g/mol. The zero-order valence-electron chi connectivity index (χ0n) is 9.90. The van der Waals surface area contributed by atoms with Crippen LogP contribution in [0.5, 0.6) is 0 Å². The molecule has 2 rings (SSSR count). The highest BCUT2D eigenvalue weighted by molar-refractivity contribution is 7.11. The van der Waals surface area contributed by atoms with Crippen LogP contribution in [0.4, 0.5) is 5.00 Å². The van der Waals surface area contributed by atoms with Crippen LogP contribution in [0.2, 0.25) is 0 Å². The van der Waals surface area contributed by atoms with Gasteiger partial charge in [-0.2, -0.15) is 4.37 Å². The zero-order valence-corrected chi connectivity index (χ0v) is 10.7. The van der Waals surface area contributed by atoms with Gasteiger partial charge in [0.1, 0.15) is 5.00 Å². The molecule has 0 N–H and O–H groups in total. The van der Waals surface area contributed by atoms with E-state index >= 15 is 0 Å². The highest BCUT2D eigenvalue weighted by Gasteiger charge is 2.32. The van der Waals surface area contributed by atoms with Crippen LogP contribution in [-0.4, -0.2) is 22.6 Å². The summed E-state index contributed by atoms with van der Waals surface area (Å²) in [6.45, 7) is 7.61. The van der Waals surface area contributed by atoms with E-state index in [4.69, 9.17) is 0 Å². The number of carbonyl (C=O) groups is 2. The summed E-state index contributed by atoms with van der Waals surface area (Å²) in [4.78, 5) is 25.1. The summed E-state index contributed by atoms with van der Waals surface area (Å²) in [5.74, 6) is 0.173. The molecule has 1 aliphatic rings. The lowest BCUT2D eigenvalue weighted by molar-refractivity contribution is -0.117. The van der Waals surface area contributed by atoms with Crippen LogP contribution >= 0.6 is 11.5 Å². The Bertz CT molecular complexity index is 493. The van der Waals surface area contributed by atoms with Crippen molar-refractivity contribution in [3.8, 4) is 0 Å². The largest absolute Gasteiger partial charge is 0.301 e. The van der Waals surface area contributed by atoms with E-state index in [1.165, 1.54) is 18.5 Å². The molecule has 0 aromatic carbocycles. The molecule has 2 heterocycles. The van der Waals surface area contributed by atoms with Gasteiger partial charge in [-0.05, 0) is 25.4 Å². The standard InChI is InChI=1S/C12H14N2O2S/c1-4-9-5-10(16)14(6-9)12-11(8(3)15)7(2)13-17-12/h4,9H,1,5-6H2,2-3H3. The summed E-state index contributed by atoms with van der Waals surface area (Å²) < 4.78 is 4.17. The first-order valence-electron chi connectivity index (χ1n) is 5.44. The first-order valence-corrected chi connectivity index (χ1v) is 6.22. The van der Waals surface area contributed by atoms with Crippen LogP contribution in [0.3, 0.4) is 0 Å². The zero-order chi connectivity index (χ0) is 12.6. The van der Waals surface area contributed by atoms with Gasteiger partial charge >= 0.3 is 0 Å². The molecule has 1 aliphatic heterocycles. The third-order valence-corrected chi connectivity index (χ3v) is 3.89. The Hall–Kier alpha value is -1.49. The van der Waals surface area contributed by atoms with Crippen molar-refractivity contribution in [1.82, 2.24) is 4.37 Å². The molecule has 17 heavy (non-hydrogen) atoms. The van der Waals surface area contributed by atoms with Crippen LogP contribution in [0.15, 0.2) is 12.7 Å². The molecule has 1 unspecified atom stereocenters. The lowest BCUT2D eigenvalue weighted by atomic mass is 10.1. The first-order chi connectivity index (χ1) is 8.04. The molecule has 1 aromatic rings. The van der Waals surface area contributed by atoms with Gasteiger partial charge in [-0.1, -0.05) is 6.08 Å². The van der Waals surface area contributed by atoms with Crippen LogP contribution < -0.4 is 4.90 Å². The minimum atomic E-state index is -0.0406. The molecule has 0 bridgehead atoms. The van der Waals surface area contributed by atoms with Gasteiger partial charge in [-0.15, -0.1) is 6.58 Å². The Morgan fingerprint density at radius 3 is 2.88 bits per heavy atom. The molecule has 4 nitrogen and oxygen atoms in total. The first kappa shape index (κ1) is 12.0. The molecule has 1 atom stereocenters. The maximum absolute atomic E-state index is 11.9. The van der Waals surface area contributed by atoms with E-state index in [1.54, 1.807) is 17.9 Å². The highest BCUT2D eigenvalue weighted by Crippen LogP contribution is 2.33. The number of Topliss-reactive ketones (excluding diaryl/α,β-unsaturated/α-hetero) is 1. The van der Waals surface area contributed by atoms with Gasteiger partial charge in [0.15, 0.2) is 5.78 Å². The van der Waals surface area contributed by atoms with Gasteiger partial charge in [0, 0.05) is 18.9 Å².